The van der Waals surface area contributed by atoms with E-state index in [0.29, 0.717) is 10.4 Å². The van der Waals surface area contributed by atoms with Gasteiger partial charge >= 0.3 is 0 Å². The van der Waals surface area contributed by atoms with E-state index < -0.39 is 15.8 Å². The molecule has 1 N–H and O–H groups in total. The zero-order valence-electron chi connectivity index (χ0n) is 10.8. The van der Waals surface area contributed by atoms with E-state index in [2.05, 4.69) is 0 Å². The van der Waals surface area contributed by atoms with Crippen LogP contribution >= 0.6 is 11.3 Å². The normalized spacial score (nSPS) is 12.0. The lowest BCUT2D eigenvalue weighted by Gasteiger charge is -2.17. The number of sulfonamides is 1. The molecule has 0 aliphatic heterocycles. The molecule has 1 aromatic heterocycles. The molecule has 0 bridgehead atoms. The highest BCUT2D eigenvalue weighted by atomic mass is 32.2. The monoisotopic (exact) mass is 315 g/mol. The minimum absolute atomic E-state index is 0.0598. The van der Waals surface area contributed by atoms with Gasteiger partial charge < -0.3 is 5.11 Å². The third kappa shape index (κ3) is 2.90. The number of aliphatic hydroxyl groups is 1. The Morgan fingerprint density at radius 2 is 2.00 bits per heavy atom. The van der Waals surface area contributed by atoms with Crippen molar-refractivity contribution >= 4 is 21.4 Å². The third-order valence-corrected chi connectivity index (χ3v) is 5.81. The summed E-state index contributed by atoms with van der Waals surface area (Å²) in [5, 5.41) is 10.8. The molecule has 2 rings (SSSR count). The summed E-state index contributed by atoms with van der Waals surface area (Å²) < 4.78 is 39.4. The van der Waals surface area contributed by atoms with Crippen LogP contribution in [0.4, 0.5) is 4.39 Å². The van der Waals surface area contributed by atoms with Crippen LogP contribution in [0.2, 0.25) is 0 Å². The molecule has 0 spiro atoms. The molecule has 20 heavy (non-hydrogen) atoms. The number of benzene rings is 1. The van der Waals surface area contributed by atoms with Gasteiger partial charge in [-0.05, 0) is 17.5 Å². The molecule has 0 fully saturated rings. The van der Waals surface area contributed by atoms with Gasteiger partial charge in [0, 0.05) is 24.0 Å². The molecule has 0 saturated carbocycles. The lowest BCUT2D eigenvalue weighted by Crippen LogP contribution is -2.27. The molecular weight excluding hydrogens is 301 g/mol. The van der Waals surface area contributed by atoms with Crippen molar-refractivity contribution in [3.8, 4) is 0 Å². The Morgan fingerprint density at radius 3 is 2.65 bits per heavy atom. The Hall–Kier alpha value is -1.28. The maximum atomic E-state index is 13.6. The molecule has 0 aliphatic rings. The average molecular weight is 315 g/mol. The largest absolute Gasteiger partial charge is 0.391 e. The molecule has 0 radical (unpaired) electrons. The highest BCUT2D eigenvalue weighted by Crippen LogP contribution is 2.25. The molecular formula is C13H14FNO3S2. The van der Waals surface area contributed by atoms with Crippen LogP contribution in [0.1, 0.15) is 10.4 Å². The van der Waals surface area contributed by atoms with E-state index in [1.165, 1.54) is 30.5 Å². The van der Waals surface area contributed by atoms with Crippen LogP contribution in [0, 0.1) is 5.82 Å². The van der Waals surface area contributed by atoms with Crippen molar-refractivity contribution in [3.63, 3.8) is 0 Å². The van der Waals surface area contributed by atoms with Crippen molar-refractivity contribution in [3.05, 3.63) is 52.0 Å². The van der Waals surface area contributed by atoms with Gasteiger partial charge in [-0.25, -0.2) is 12.8 Å². The maximum absolute atomic E-state index is 13.6. The minimum atomic E-state index is -3.74. The van der Waals surface area contributed by atoms with Crippen molar-refractivity contribution in [2.75, 3.05) is 7.05 Å². The van der Waals surface area contributed by atoms with Gasteiger partial charge in [0.05, 0.1) is 11.5 Å². The topological polar surface area (TPSA) is 57.6 Å². The number of nitrogens with zero attached hydrogens (tertiary/aromatic N) is 1. The second kappa shape index (κ2) is 6.01. The zero-order valence-corrected chi connectivity index (χ0v) is 12.4. The van der Waals surface area contributed by atoms with Gasteiger partial charge in [-0.15, -0.1) is 11.3 Å². The van der Waals surface area contributed by atoms with Crippen LogP contribution in [0.25, 0.3) is 0 Å². The van der Waals surface area contributed by atoms with Crippen molar-refractivity contribution in [1.82, 2.24) is 4.31 Å². The van der Waals surface area contributed by atoms with Gasteiger partial charge in [-0.2, -0.15) is 4.31 Å². The van der Waals surface area contributed by atoms with E-state index in [1.54, 1.807) is 23.6 Å². The Labute approximate surface area is 121 Å². The van der Waals surface area contributed by atoms with Crippen LogP contribution in [-0.2, 0) is 23.2 Å². The molecule has 0 aliphatic carbocycles. The molecule has 4 nitrogen and oxygen atoms in total. The summed E-state index contributed by atoms with van der Waals surface area (Å²) in [6, 6.07) is 7.49. The Bertz CT molecular complexity index is 697. The first kappa shape index (κ1) is 15.1. The van der Waals surface area contributed by atoms with E-state index >= 15 is 0 Å². The second-order valence-corrected chi connectivity index (χ2v) is 7.23. The van der Waals surface area contributed by atoms with Crippen LogP contribution in [0.15, 0.2) is 40.6 Å². The van der Waals surface area contributed by atoms with Crippen molar-refractivity contribution in [1.29, 1.82) is 0 Å². The fourth-order valence-corrected chi connectivity index (χ4v) is 4.20. The van der Waals surface area contributed by atoms with E-state index in [9.17, 15) is 12.8 Å². The number of hydrogen-bond donors (Lipinski definition) is 1. The molecule has 0 amide bonds. The van der Waals surface area contributed by atoms with E-state index in [-0.39, 0.29) is 18.0 Å². The van der Waals surface area contributed by atoms with Crippen molar-refractivity contribution in [2.24, 2.45) is 0 Å². The Morgan fingerprint density at radius 1 is 1.30 bits per heavy atom. The third-order valence-electron chi connectivity index (χ3n) is 2.89. The molecule has 0 saturated heterocycles. The van der Waals surface area contributed by atoms with Gasteiger partial charge in [-0.3, -0.25) is 0 Å². The average Bonchev–Trinajstić information content (AvgIpc) is 2.90. The first-order valence-corrected chi connectivity index (χ1v) is 8.15. The summed E-state index contributed by atoms with van der Waals surface area (Å²) in [7, 11) is -2.35. The van der Waals surface area contributed by atoms with Crippen LogP contribution in [0.3, 0.4) is 0 Å². The van der Waals surface area contributed by atoms with Crippen LogP contribution in [-0.4, -0.2) is 24.9 Å². The van der Waals surface area contributed by atoms with Gasteiger partial charge in [0.2, 0.25) is 10.0 Å². The summed E-state index contributed by atoms with van der Waals surface area (Å²) in [6.45, 7) is -0.393. The van der Waals surface area contributed by atoms with Gasteiger partial charge in [0.25, 0.3) is 0 Å². The van der Waals surface area contributed by atoms with E-state index in [0.717, 1.165) is 4.31 Å². The van der Waals surface area contributed by atoms with Crippen molar-refractivity contribution < 1.29 is 17.9 Å². The predicted molar refractivity (Wildman–Crippen MR) is 75.3 cm³/mol. The fourth-order valence-electron chi connectivity index (χ4n) is 1.79. The number of aliphatic hydroxyl groups excluding tert-OH is 1. The summed E-state index contributed by atoms with van der Waals surface area (Å²) in [5.74, 6) is -0.442. The number of thiophene rings is 1. The lowest BCUT2D eigenvalue weighted by atomic mass is 10.2. The van der Waals surface area contributed by atoms with Gasteiger partial charge in [-0.1, -0.05) is 18.2 Å². The van der Waals surface area contributed by atoms with Crippen LogP contribution in [0.5, 0.6) is 0 Å². The van der Waals surface area contributed by atoms with Gasteiger partial charge in [0.1, 0.15) is 5.82 Å². The molecule has 0 unspecified atom stereocenters. The standard InChI is InChI=1S/C13H14FNO3S2/c1-15(8-10-4-2-3-5-11(10)14)20(17,18)13-6-7-19-12(13)9-16/h2-7,16H,8-9H2,1H3. The summed E-state index contributed by atoms with van der Waals surface area (Å²) in [5.41, 5.74) is 0.305. The first-order valence-electron chi connectivity index (χ1n) is 5.83. The SMILES string of the molecule is CN(Cc1ccccc1F)S(=O)(=O)c1ccsc1CO. The summed E-state index contributed by atoms with van der Waals surface area (Å²) in [4.78, 5) is 0.453. The van der Waals surface area contributed by atoms with E-state index in [1.807, 2.05) is 0 Å². The molecule has 2 aromatic rings. The van der Waals surface area contributed by atoms with Crippen molar-refractivity contribution in [2.45, 2.75) is 18.0 Å². The Kier molecular flexibility index (Phi) is 4.54. The van der Waals surface area contributed by atoms with E-state index in [4.69, 9.17) is 5.11 Å². The highest BCUT2D eigenvalue weighted by Gasteiger charge is 2.25. The summed E-state index contributed by atoms with van der Waals surface area (Å²) in [6.07, 6.45) is 0. The molecule has 0 atom stereocenters. The predicted octanol–water partition coefficient (Wildman–Crippen LogP) is 2.20. The molecule has 7 heteroatoms. The van der Waals surface area contributed by atoms with Crippen LogP contribution < -0.4 is 0 Å². The zero-order chi connectivity index (χ0) is 14.8. The highest BCUT2D eigenvalue weighted by molar-refractivity contribution is 7.89. The lowest BCUT2D eigenvalue weighted by molar-refractivity contribution is 0.282. The Balaban J connectivity index is 2.29. The maximum Gasteiger partial charge on any atom is 0.244 e. The number of halogens is 1. The first-order chi connectivity index (χ1) is 9.46. The second-order valence-electron chi connectivity index (χ2n) is 4.22. The minimum Gasteiger partial charge on any atom is -0.391 e. The number of hydrogen-bond acceptors (Lipinski definition) is 4. The quantitative estimate of drug-likeness (QED) is 0.920. The summed E-state index contributed by atoms with van der Waals surface area (Å²) >= 11 is 1.17. The molecule has 108 valence electrons. The smallest absolute Gasteiger partial charge is 0.244 e. The number of rotatable bonds is 5. The molecule has 1 heterocycles. The fraction of sp³-hybridized carbons (Fsp3) is 0.231. The van der Waals surface area contributed by atoms with Gasteiger partial charge in [0.15, 0.2) is 0 Å². The molecule has 1 aromatic carbocycles.